The molecule has 1 aliphatic carbocycles. The standard InChI is InChI=1S/C19H18ClN3S/c1-13-21-22-19(23(13)17-11-12-17)24-18(14-5-3-2-4-6-14)15-7-9-16(20)10-8-15/h2-10,17-18H,11-12H2,1H3. The molecule has 122 valence electrons. The number of rotatable bonds is 5. The molecular weight excluding hydrogens is 338 g/mol. The Morgan fingerprint density at radius 2 is 1.67 bits per heavy atom. The molecule has 0 bridgehead atoms. The highest BCUT2D eigenvalue weighted by Gasteiger charge is 2.30. The van der Waals surface area contributed by atoms with Gasteiger partial charge in [0.15, 0.2) is 5.16 Å². The Labute approximate surface area is 151 Å². The normalized spacial score (nSPS) is 15.4. The lowest BCUT2D eigenvalue weighted by Crippen LogP contribution is -2.03. The summed E-state index contributed by atoms with van der Waals surface area (Å²) in [6.07, 6.45) is 2.45. The summed E-state index contributed by atoms with van der Waals surface area (Å²) >= 11 is 7.83. The first-order chi connectivity index (χ1) is 11.7. The fourth-order valence-electron chi connectivity index (χ4n) is 2.88. The van der Waals surface area contributed by atoms with Crippen molar-refractivity contribution < 1.29 is 0 Å². The van der Waals surface area contributed by atoms with Crippen LogP contribution in [0.15, 0.2) is 59.8 Å². The van der Waals surface area contributed by atoms with Crippen molar-refractivity contribution in [1.29, 1.82) is 0 Å². The largest absolute Gasteiger partial charge is 0.303 e. The second kappa shape index (κ2) is 6.61. The Kier molecular flexibility index (Phi) is 4.33. The van der Waals surface area contributed by atoms with Crippen LogP contribution in [0.2, 0.25) is 5.02 Å². The molecule has 1 aliphatic rings. The summed E-state index contributed by atoms with van der Waals surface area (Å²) in [6.45, 7) is 2.04. The molecule has 1 heterocycles. The van der Waals surface area contributed by atoms with Crippen LogP contribution in [0.5, 0.6) is 0 Å². The van der Waals surface area contributed by atoms with Gasteiger partial charge in [0.2, 0.25) is 0 Å². The molecule has 5 heteroatoms. The third kappa shape index (κ3) is 3.21. The van der Waals surface area contributed by atoms with Crippen molar-refractivity contribution in [1.82, 2.24) is 14.8 Å². The van der Waals surface area contributed by atoms with Crippen molar-refractivity contribution in [2.75, 3.05) is 0 Å². The van der Waals surface area contributed by atoms with E-state index in [1.54, 1.807) is 11.8 Å². The summed E-state index contributed by atoms with van der Waals surface area (Å²) < 4.78 is 2.29. The van der Waals surface area contributed by atoms with Crippen LogP contribution in [0.1, 0.15) is 41.1 Å². The van der Waals surface area contributed by atoms with E-state index in [9.17, 15) is 0 Å². The number of halogens is 1. The fraction of sp³-hybridized carbons (Fsp3) is 0.263. The Morgan fingerprint density at radius 3 is 2.33 bits per heavy atom. The zero-order valence-electron chi connectivity index (χ0n) is 13.4. The van der Waals surface area contributed by atoms with Crippen molar-refractivity contribution >= 4 is 23.4 Å². The summed E-state index contributed by atoms with van der Waals surface area (Å²) in [4.78, 5) is 0. The van der Waals surface area contributed by atoms with E-state index in [2.05, 4.69) is 51.2 Å². The van der Waals surface area contributed by atoms with Crippen molar-refractivity contribution in [3.05, 3.63) is 76.6 Å². The number of hydrogen-bond donors (Lipinski definition) is 0. The summed E-state index contributed by atoms with van der Waals surface area (Å²) in [5.41, 5.74) is 2.48. The minimum Gasteiger partial charge on any atom is -0.303 e. The number of benzene rings is 2. The molecule has 0 amide bonds. The highest BCUT2D eigenvalue weighted by molar-refractivity contribution is 7.99. The third-order valence-electron chi connectivity index (χ3n) is 4.25. The number of thioether (sulfide) groups is 1. The highest BCUT2D eigenvalue weighted by Crippen LogP contribution is 2.44. The van der Waals surface area contributed by atoms with Crippen molar-refractivity contribution in [2.24, 2.45) is 0 Å². The zero-order valence-corrected chi connectivity index (χ0v) is 15.0. The first-order valence-corrected chi connectivity index (χ1v) is 9.36. The van der Waals surface area contributed by atoms with Gasteiger partial charge in [0.25, 0.3) is 0 Å². The molecule has 24 heavy (non-hydrogen) atoms. The van der Waals surface area contributed by atoms with Crippen LogP contribution in [0, 0.1) is 6.92 Å². The number of hydrogen-bond acceptors (Lipinski definition) is 3. The van der Waals surface area contributed by atoms with Crippen LogP contribution < -0.4 is 0 Å². The second-order valence-electron chi connectivity index (χ2n) is 6.09. The van der Waals surface area contributed by atoms with E-state index in [-0.39, 0.29) is 5.25 Å². The van der Waals surface area contributed by atoms with Crippen LogP contribution in [-0.2, 0) is 0 Å². The molecule has 0 spiro atoms. The van der Waals surface area contributed by atoms with Crippen molar-refractivity contribution in [2.45, 2.75) is 36.2 Å². The Balaban J connectivity index is 1.72. The molecular formula is C19H18ClN3S. The maximum atomic E-state index is 6.07. The highest BCUT2D eigenvalue weighted by atomic mass is 35.5. The quantitative estimate of drug-likeness (QED) is 0.569. The SMILES string of the molecule is Cc1nnc(SC(c2ccccc2)c2ccc(Cl)cc2)n1C1CC1. The average Bonchev–Trinajstić information content (AvgIpc) is 3.38. The van der Waals surface area contributed by atoms with E-state index in [1.807, 2.05) is 25.1 Å². The van der Waals surface area contributed by atoms with Gasteiger partial charge in [-0.1, -0.05) is 65.8 Å². The molecule has 1 unspecified atom stereocenters. The summed E-state index contributed by atoms with van der Waals surface area (Å²) in [5, 5.41) is 10.7. The van der Waals surface area contributed by atoms with Crippen molar-refractivity contribution in [3.8, 4) is 0 Å². The van der Waals surface area contributed by atoms with Gasteiger partial charge in [-0.25, -0.2) is 0 Å². The van der Waals surface area contributed by atoms with Crippen LogP contribution in [-0.4, -0.2) is 14.8 Å². The molecule has 1 atom stereocenters. The molecule has 2 aromatic carbocycles. The van der Waals surface area contributed by atoms with Gasteiger partial charge in [-0.15, -0.1) is 10.2 Å². The molecule has 4 rings (SSSR count). The Bertz CT molecular complexity index is 826. The summed E-state index contributed by atoms with van der Waals surface area (Å²) in [6, 6.07) is 19.2. The van der Waals surface area contributed by atoms with Gasteiger partial charge in [-0.05, 0) is 43.0 Å². The van der Waals surface area contributed by atoms with Gasteiger partial charge in [0.05, 0.1) is 5.25 Å². The lowest BCUT2D eigenvalue weighted by atomic mass is 10.0. The lowest BCUT2D eigenvalue weighted by Gasteiger charge is -2.18. The maximum absolute atomic E-state index is 6.07. The van der Waals surface area contributed by atoms with E-state index in [1.165, 1.54) is 24.0 Å². The van der Waals surface area contributed by atoms with Gasteiger partial charge in [0, 0.05) is 11.1 Å². The Morgan fingerprint density at radius 1 is 1.00 bits per heavy atom. The van der Waals surface area contributed by atoms with E-state index < -0.39 is 0 Å². The van der Waals surface area contributed by atoms with Crippen LogP contribution in [0.25, 0.3) is 0 Å². The summed E-state index contributed by atoms with van der Waals surface area (Å²) in [7, 11) is 0. The van der Waals surface area contributed by atoms with Crippen molar-refractivity contribution in [3.63, 3.8) is 0 Å². The van der Waals surface area contributed by atoms with Gasteiger partial charge in [-0.3, -0.25) is 0 Å². The minimum atomic E-state index is 0.171. The lowest BCUT2D eigenvalue weighted by molar-refractivity contribution is 0.643. The second-order valence-corrected chi connectivity index (χ2v) is 7.60. The monoisotopic (exact) mass is 355 g/mol. The van der Waals surface area contributed by atoms with Gasteiger partial charge in [-0.2, -0.15) is 0 Å². The molecule has 0 radical (unpaired) electrons. The molecule has 1 aromatic heterocycles. The maximum Gasteiger partial charge on any atom is 0.192 e. The van der Waals surface area contributed by atoms with E-state index in [0.29, 0.717) is 6.04 Å². The predicted molar refractivity (Wildman–Crippen MR) is 98.6 cm³/mol. The third-order valence-corrected chi connectivity index (χ3v) is 5.77. The molecule has 0 N–H and O–H groups in total. The molecule has 1 saturated carbocycles. The first kappa shape index (κ1) is 15.7. The first-order valence-electron chi connectivity index (χ1n) is 8.11. The van der Waals surface area contributed by atoms with Gasteiger partial charge in [0.1, 0.15) is 5.82 Å². The number of aromatic nitrogens is 3. The number of nitrogens with zero attached hydrogens (tertiary/aromatic N) is 3. The zero-order chi connectivity index (χ0) is 16.5. The Hall–Kier alpha value is -1.78. The van der Waals surface area contributed by atoms with Crippen LogP contribution in [0.4, 0.5) is 0 Å². The number of aryl methyl sites for hydroxylation is 1. The van der Waals surface area contributed by atoms with E-state index in [0.717, 1.165) is 16.0 Å². The van der Waals surface area contributed by atoms with Crippen LogP contribution in [0.3, 0.4) is 0 Å². The predicted octanol–water partition coefficient (Wildman–Crippen LogP) is 5.46. The van der Waals surface area contributed by atoms with E-state index >= 15 is 0 Å². The van der Waals surface area contributed by atoms with Gasteiger partial charge < -0.3 is 4.57 Å². The smallest absolute Gasteiger partial charge is 0.192 e. The molecule has 1 fully saturated rings. The topological polar surface area (TPSA) is 30.7 Å². The molecule has 3 nitrogen and oxygen atoms in total. The van der Waals surface area contributed by atoms with Crippen LogP contribution >= 0.6 is 23.4 Å². The average molecular weight is 356 g/mol. The molecule has 3 aromatic rings. The fourth-order valence-corrected chi connectivity index (χ4v) is 4.29. The minimum absolute atomic E-state index is 0.171. The summed E-state index contributed by atoms with van der Waals surface area (Å²) in [5.74, 6) is 1.00. The molecule has 0 aliphatic heterocycles. The van der Waals surface area contributed by atoms with Gasteiger partial charge >= 0.3 is 0 Å². The van der Waals surface area contributed by atoms with E-state index in [4.69, 9.17) is 11.6 Å². The molecule has 0 saturated heterocycles.